The summed E-state index contributed by atoms with van der Waals surface area (Å²) in [5.74, 6) is 0. The van der Waals surface area contributed by atoms with Gasteiger partial charge in [-0.25, -0.2) is 0 Å². The van der Waals surface area contributed by atoms with Crippen molar-refractivity contribution in [3.8, 4) is 0 Å². The highest BCUT2D eigenvalue weighted by Gasteiger charge is 2.31. The Labute approximate surface area is 42.5 Å². The van der Waals surface area contributed by atoms with E-state index in [-0.39, 0.29) is 0 Å². The Kier molecular flexibility index (Phi) is 1.03. The molecule has 1 heterocycles. The van der Waals surface area contributed by atoms with Crippen molar-refractivity contribution in [3.63, 3.8) is 0 Å². The zero-order chi connectivity index (χ0) is 5.33. The van der Waals surface area contributed by atoms with Crippen LogP contribution in [0.3, 0.4) is 0 Å². The van der Waals surface area contributed by atoms with Gasteiger partial charge >= 0.3 is 0 Å². The van der Waals surface area contributed by atoms with Crippen LogP contribution in [0.25, 0.3) is 0 Å². The molecule has 0 aromatic rings. The normalized spacial score (nSPS) is 26.6. The fraction of sp³-hybridized carbons (Fsp3) is 1.00. The van der Waals surface area contributed by atoms with Crippen LogP contribution in [0.2, 0.25) is 0 Å². The SMILES string of the molecule is NCC1(O)CNC1. The van der Waals surface area contributed by atoms with E-state index in [4.69, 9.17) is 10.8 Å². The van der Waals surface area contributed by atoms with Gasteiger partial charge in [-0.2, -0.15) is 0 Å². The average molecular weight is 102 g/mol. The molecule has 0 aliphatic carbocycles. The van der Waals surface area contributed by atoms with Crippen LogP contribution in [0.15, 0.2) is 0 Å². The molecule has 1 saturated heterocycles. The minimum atomic E-state index is -0.569. The number of nitrogens with one attached hydrogen (secondary N) is 1. The van der Waals surface area contributed by atoms with Crippen molar-refractivity contribution in [2.45, 2.75) is 5.60 Å². The van der Waals surface area contributed by atoms with Gasteiger partial charge in [0.05, 0.1) is 0 Å². The molecule has 1 aliphatic heterocycles. The lowest BCUT2D eigenvalue weighted by molar-refractivity contribution is -0.000757. The number of hydrogen-bond acceptors (Lipinski definition) is 3. The Morgan fingerprint density at radius 3 is 2.29 bits per heavy atom. The van der Waals surface area contributed by atoms with E-state index in [0.29, 0.717) is 19.6 Å². The summed E-state index contributed by atoms with van der Waals surface area (Å²) in [5, 5.41) is 12.0. The summed E-state index contributed by atoms with van der Waals surface area (Å²) in [6.07, 6.45) is 0. The zero-order valence-electron chi connectivity index (χ0n) is 4.15. The smallest absolute Gasteiger partial charge is 0.102 e. The molecule has 3 heteroatoms. The lowest BCUT2D eigenvalue weighted by atomic mass is 9.98. The molecule has 0 unspecified atom stereocenters. The highest BCUT2D eigenvalue weighted by atomic mass is 16.3. The summed E-state index contributed by atoms with van der Waals surface area (Å²) in [5.41, 5.74) is 4.61. The Morgan fingerprint density at radius 1 is 1.71 bits per heavy atom. The molecule has 0 radical (unpaired) electrons. The number of rotatable bonds is 1. The zero-order valence-corrected chi connectivity index (χ0v) is 4.15. The maximum Gasteiger partial charge on any atom is 0.102 e. The van der Waals surface area contributed by atoms with Gasteiger partial charge in [0, 0.05) is 19.6 Å². The molecule has 0 spiro atoms. The molecule has 4 N–H and O–H groups in total. The van der Waals surface area contributed by atoms with E-state index < -0.39 is 5.60 Å². The molecule has 1 aliphatic rings. The number of hydrogen-bond donors (Lipinski definition) is 3. The second-order valence-electron chi connectivity index (χ2n) is 2.03. The van der Waals surface area contributed by atoms with Crippen LogP contribution >= 0.6 is 0 Å². The van der Waals surface area contributed by atoms with Gasteiger partial charge in [-0.15, -0.1) is 0 Å². The Hall–Kier alpha value is -0.120. The quantitative estimate of drug-likeness (QED) is 0.369. The highest BCUT2D eigenvalue weighted by molar-refractivity contribution is 4.92. The summed E-state index contributed by atoms with van der Waals surface area (Å²) < 4.78 is 0. The van der Waals surface area contributed by atoms with Gasteiger partial charge in [-0.1, -0.05) is 0 Å². The number of nitrogens with two attached hydrogens (primary N) is 1. The van der Waals surface area contributed by atoms with E-state index in [1.54, 1.807) is 0 Å². The minimum Gasteiger partial charge on any atom is -0.386 e. The summed E-state index contributed by atoms with van der Waals surface area (Å²) in [4.78, 5) is 0. The third-order valence-corrected chi connectivity index (χ3v) is 1.29. The van der Waals surface area contributed by atoms with Gasteiger partial charge in [0.1, 0.15) is 5.60 Å². The molecule has 7 heavy (non-hydrogen) atoms. The molecular formula is C4H10N2O. The molecule has 0 aromatic carbocycles. The average Bonchev–Trinajstić information content (AvgIpc) is 1.61. The molecule has 0 amide bonds. The Morgan fingerprint density at radius 2 is 2.29 bits per heavy atom. The van der Waals surface area contributed by atoms with Gasteiger partial charge in [0.15, 0.2) is 0 Å². The first-order valence-corrected chi connectivity index (χ1v) is 2.40. The molecular weight excluding hydrogens is 92.1 g/mol. The van der Waals surface area contributed by atoms with E-state index in [0.717, 1.165) is 0 Å². The molecule has 0 atom stereocenters. The molecule has 0 bridgehead atoms. The number of β-amino-alcohol motifs (C(OH)–C–C–N with tert-alkyl or cyclic N) is 1. The predicted molar refractivity (Wildman–Crippen MR) is 26.9 cm³/mol. The van der Waals surface area contributed by atoms with E-state index >= 15 is 0 Å². The first-order chi connectivity index (χ1) is 3.27. The van der Waals surface area contributed by atoms with Gasteiger partial charge in [-0.3, -0.25) is 0 Å². The van der Waals surface area contributed by atoms with Gasteiger partial charge in [-0.05, 0) is 0 Å². The van der Waals surface area contributed by atoms with Crippen molar-refractivity contribution in [2.75, 3.05) is 19.6 Å². The van der Waals surface area contributed by atoms with Crippen molar-refractivity contribution < 1.29 is 5.11 Å². The van der Waals surface area contributed by atoms with E-state index in [1.807, 2.05) is 0 Å². The topological polar surface area (TPSA) is 58.3 Å². The van der Waals surface area contributed by atoms with Crippen LogP contribution in [0.1, 0.15) is 0 Å². The second-order valence-corrected chi connectivity index (χ2v) is 2.03. The first kappa shape index (κ1) is 5.03. The highest BCUT2D eigenvalue weighted by Crippen LogP contribution is 2.05. The third-order valence-electron chi connectivity index (χ3n) is 1.29. The molecule has 0 saturated carbocycles. The van der Waals surface area contributed by atoms with Gasteiger partial charge in [0.25, 0.3) is 0 Å². The molecule has 42 valence electrons. The summed E-state index contributed by atoms with van der Waals surface area (Å²) >= 11 is 0. The maximum atomic E-state index is 9.03. The van der Waals surface area contributed by atoms with Crippen LogP contribution in [-0.2, 0) is 0 Å². The first-order valence-electron chi connectivity index (χ1n) is 2.40. The summed E-state index contributed by atoms with van der Waals surface area (Å²) in [6.45, 7) is 1.69. The number of aliphatic hydroxyl groups is 1. The van der Waals surface area contributed by atoms with Crippen molar-refractivity contribution in [3.05, 3.63) is 0 Å². The largest absolute Gasteiger partial charge is 0.386 e. The van der Waals surface area contributed by atoms with Gasteiger partial charge < -0.3 is 16.2 Å². The van der Waals surface area contributed by atoms with Crippen molar-refractivity contribution in [1.82, 2.24) is 5.32 Å². The molecule has 0 aromatic heterocycles. The van der Waals surface area contributed by atoms with E-state index in [9.17, 15) is 0 Å². The summed E-state index contributed by atoms with van der Waals surface area (Å²) in [7, 11) is 0. The van der Waals surface area contributed by atoms with Crippen LogP contribution in [0.5, 0.6) is 0 Å². The van der Waals surface area contributed by atoms with E-state index in [2.05, 4.69) is 5.32 Å². The minimum absolute atomic E-state index is 0.375. The van der Waals surface area contributed by atoms with Crippen LogP contribution in [-0.4, -0.2) is 30.3 Å². The summed E-state index contributed by atoms with van der Waals surface area (Å²) in [6, 6.07) is 0. The Bertz CT molecular complexity index is 64.6. The van der Waals surface area contributed by atoms with Crippen LogP contribution < -0.4 is 11.1 Å². The molecule has 3 nitrogen and oxygen atoms in total. The van der Waals surface area contributed by atoms with Crippen molar-refractivity contribution in [1.29, 1.82) is 0 Å². The maximum absolute atomic E-state index is 9.03. The predicted octanol–water partition coefficient (Wildman–Crippen LogP) is -1.72. The lowest BCUT2D eigenvalue weighted by Crippen LogP contribution is -2.63. The van der Waals surface area contributed by atoms with Gasteiger partial charge in [0.2, 0.25) is 0 Å². The molecule has 1 rings (SSSR count). The van der Waals surface area contributed by atoms with Crippen LogP contribution in [0.4, 0.5) is 0 Å². The van der Waals surface area contributed by atoms with Crippen molar-refractivity contribution in [2.24, 2.45) is 5.73 Å². The fourth-order valence-electron chi connectivity index (χ4n) is 0.558. The lowest BCUT2D eigenvalue weighted by Gasteiger charge is -2.36. The Balaban J connectivity index is 2.29. The third kappa shape index (κ3) is 0.748. The van der Waals surface area contributed by atoms with E-state index in [1.165, 1.54) is 0 Å². The van der Waals surface area contributed by atoms with Crippen molar-refractivity contribution >= 4 is 0 Å². The molecule has 1 fully saturated rings. The fourth-order valence-corrected chi connectivity index (χ4v) is 0.558. The monoisotopic (exact) mass is 102 g/mol. The standard InChI is InChI=1S/C4H10N2O/c5-1-4(7)2-6-3-4/h6-7H,1-3,5H2. The van der Waals surface area contributed by atoms with Crippen LogP contribution in [0, 0.1) is 0 Å². The second kappa shape index (κ2) is 1.43.